The average Bonchev–Trinajstić information content (AvgIpc) is 3.10. The molecule has 0 aromatic rings. The van der Waals surface area contributed by atoms with Crippen LogP contribution in [0.25, 0.3) is 0 Å². The van der Waals surface area contributed by atoms with Crippen LogP contribution >= 0.6 is 11.8 Å². The van der Waals surface area contributed by atoms with Crippen molar-refractivity contribution in [2.45, 2.75) is 50.6 Å². The van der Waals surface area contributed by atoms with Crippen LogP contribution in [0.2, 0.25) is 0 Å². The fraction of sp³-hybridized carbons (Fsp3) is 0.684. The molecular formula is C19H29N3O4S. The van der Waals surface area contributed by atoms with Crippen LogP contribution in [0.15, 0.2) is 22.3 Å². The van der Waals surface area contributed by atoms with Gasteiger partial charge in [0, 0.05) is 35.2 Å². The molecule has 3 aliphatic heterocycles. The molecule has 4 N–H and O–H groups in total. The summed E-state index contributed by atoms with van der Waals surface area (Å²) >= 11 is 1.58. The van der Waals surface area contributed by atoms with E-state index in [1.807, 2.05) is 14.0 Å². The fourth-order valence-electron chi connectivity index (χ4n) is 4.49. The quantitative estimate of drug-likeness (QED) is 0.373. The third-order valence-electron chi connectivity index (χ3n) is 5.67. The number of thioether (sulfide) groups is 1. The molecule has 2 saturated heterocycles. The van der Waals surface area contributed by atoms with Gasteiger partial charge in [-0.3, -0.25) is 4.79 Å². The molecule has 3 rings (SSSR count). The fourth-order valence-corrected chi connectivity index (χ4v) is 5.98. The Morgan fingerprint density at radius 2 is 2.22 bits per heavy atom. The molecule has 0 unspecified atom stereocenters. The van der Waals surface area contributed by atoms with Crippen LogP contribution in [0, 0.1) is 11.8 Å². The summed E-state index contributed by atoms with van der Waals surface area (Å²) in [5.74, 6) is -1.91. The van der Waals surface area contributed by atoms with Crippen molar-refractivity contribution in [2.75, 3.05) is 20.1 Å². The van der Waals surface area contributed by atoms with Crippen LogP contribution in [0.5, 0.6) is 0 Å². The second-order valence-corrected chi connectivity index (χ2v) is 9.15. The van der Waals surface area contributed by atoms with Gasteiger partial charge in [0.2, 0.25) is 5.91 Å². The van der Waals surface area contributed by atoms with E-state index in [1.165, 1.54) is 10.5 Å². The largest absolute Gasteiger partial charge is 0.477 e. The maximum absolute atomic E-state index is 12.4. The first-order valence-corrected chi connectivity index (χ1v) is 10.3. The Morgan fingerprint density at radius 3 is 2.81 bits per heavy atom. The molecule has 8 heteroatoms. The van der Waals surface area contributed by atoms with Gasteiger partial charge in [0.1, 0.15) is 5.70 Å². The number of rotatable bonds is 7. The molecule has 7 nitrogen and oxygen atoms in total. The Hall–Kier alpha value is -1.35. The molecule has 0 saturated carbocycles. The van der Waals surface area contributed by atoms with Gasteiger partial charge in [0.15, 0.2) is 0 Å². The molecule has 150 valence electrons. The molecule has 0 radical (unpaired) electrons. The number of fused-ring (bicyclic) bond motifs is 1. The van der Waals surface area contributed by atoms with E-state index in [1.54, 1.807) is 18.7 Å². The lowest BCUT2D eigenvalue weighted by molar-refractivity contribution is -0.163. The zero-order chi connectivity index (χ0) is 19.9. The van der Waals surface area contributed by atoms with Gasteiger partial charge in [0.25, 0.3) is 0 Å². The minimum Gasteiger partial charge on any atom is -0.477 e. The first-order valence-electron chi connectivity index (χ1n) is 9.46. The van der Waals surface area contributed by atoms with Crippen LogP contribution in [-0.4, -0.2) is 70.6 Å². The molecule has 0 aromatic carbocycles. The van der Waals surface area contributed by atoms with E-state index in [2.05, 4.69) is 23.6 Å². The minimum absolute atomic E-state index is 0.0704. The van der Waals surface area contributed by atoms with Crippen molar-refractivity contribution in [3.05, 3.63) is 22.3 Å². The van der Waals surface area contributed by atoms with Gasteiger partial charge in [-0.25, -0.2) is 4.79 Å². The average molecular weight is 396 g/mol. The first kappa shape index (κ1) is 20.4. The lowest BCUT2D eigenvalue weighted by Gasteiger charge is -2.46. The lowest BCUT2D eigenvalue weighted by Crippen LogP contribution is -2.63. The summed E-state index contributed by atoms with van der Waals surface area (Å²) in [5, 5.41) is 26.5. The highest BCUT2D eigenvalue weighted by Crippen LogP contribution is 2.51. The predicted molar refractivity (Wildman–Crippen MR) is 105 cm³/mol. The number of hydrogen-bond donors (Lipinski definition) is 4. The number of aliphatic hydroxyl groups excluding tert-OH is 1. The number of carboxylic acids is 1. The van der Waals surface area contributed by atoms with Gasteiger partial charge in [-0.1, -0.05) is 18.6 Å². The van der Waals surface area contributed by atoms with Crippen LogP contribution in [0.1, 0.15) is 27.2 Å². The topological polar surface area (TPSA) is 102 Å². The van der Waals surface area contributed by atoms with Gasteiger partial charge in [-0.15, -0.1) is 11.8 Å². The maximum Gasteiger partial charge on any atom is 0.353 e. The highest BCUT2D eigenvalue weighted by molar-refractivity contribution is 8.03. The molecule has 1 amide bonds. The number of aliphatic carboxylic acids is 1. The SMILES string of the molecule is CNC/C(C)=C\[C@@H]1C[C@H](SC2=C(C(=O)O)N3C(=O)[C@@H]([C@@H](C)O)[C@H]3[C@H]2C)CN1. The summed E-state index contributed by atoms with van der Waals surface area (Å²) < 4.78 is 0. The van der Waals surface area contributed by atoms with Crippen molar-refractivity contribution < 1.29 is 19.8 Å². The number of β-lactam (4-membered cyclic amide) rings is 1. The van der Waals surface area contributed by atoms with Gasteiger partial charge in [-0.2, -0.15) is 0 Å². The molecule has 2 fully saturated rings. The Labute approximate surface area is 164 Å². The Bertz CT molecular complexity index is 690. The lowest BCUT2D eigenvalue weighted by atomic mass is 9.79. The molecule has 3 heterocycles. The second kappa shape index (κ2) is 7.95. The standard InChI is InChI=1S/C19H29N3O4S/c1-9(7-20-4)5-12-6-13(8-21-12)27-17-10(2)15-14(11(3)23)18(24)22(15)16(17)19(25)26/h5,10-15,20-21,23H,6-8H2,1-4H3,(H,25,26)/b9-5-/t10-,11-,12-,13+,14+,15-/m1/s1. The Morgan fingerprint density at radius 1 is 1.52 bits per heavy atom. The smallest absolute Gasteiger partial charge is 0.353 e. The van der Waals surface area contributed by atoms with Crippen LogP contribution in [0.3, 0.4) is 0 Å². The van der Waals surface area contributed by atoms with Crippen molar-refractivity contribution in [3.8, 4) is 0 Å². The number of carbonyl (C=O) groups is 2. The van der Waals surface area contributed by atoms with E-state index in [0.717, 1.165) is 24.4 Å². The van der Waals surface area contributed by atoms with Crippen LogP contribution in [-0.2, 0) is 9.59 Å². The molecular weight excluding hydrogens is 366 g/mol. The molecule has 0 bridgehead atoms. The summed E-state index contributed by atoms with van der Waals surface area (Å²) in [6, 6.07) is 0.0411. The molecule has 0 aromatic heterocycles. The van der Waals surface area contributed by atoms with Crippen molar-refractivity contribution in [1.82, 2.24) is 15.5 Å². The number of carbonyl (C=O) groups excluding carboxylic acids is 1. The number of nitrogens with one attached hydrogen (secondary N) is 2. The number of aliphatic hydroxyl groups is 1. The van der Waals surface area contributed by atoms with E-state index >= 15 is 0 Å². The van der Waals surface area contributed by atoms with Crippen LogP contribution < -0.4 is 10.6 Å². The van der Waals surface area contributed by atoms with Gasteiger partial charge in [0.05, 0.1) is 18.1 Å². The number of likely N-dealkylation sites (N-methyl/N-ethyl adjacent to an activating group) is 1. The maximum atomic E-state index is 12.4. The Balaban J connectivity index is 1.74. The number of hydrogen-bond acceptors (Lipinski definition) is 6. The molecule has 3 aliphatic rings. The number of nitrogens with zero attached hydrogens (tertiary/aromatic N) is 1. The van der Waals surface area contributed by atoms with E-state index in [4.69, 9.17) is 0 Å². The normalized spacial score (nSPS) is 34.7. The van der Waals surface area contributed by atoms with Gasteiger partial charge < -0.3 is 25.7 Å². The van der Waals surface area contributed by atoms with Crippen molar-refractivity contribution >= 4 is 23.6 Å². The summed E-state index contributed by atoms with van der Waals surface area (Å²) in [5.41, 5.74) is 1.39. The van der Waals surface area contributed by atoms with E-state index in [9.17, 15) is 19.8 Å². The van der Waals surface area contributed by atoms with Crippen molar-refractivity contribution in [2.24, 2.45) is 11.8 Å². The van der Waals surface area contributed by atoms with E-state index in [-0.39, 0.29) is 34.9 Å². The van der Waals surface area contributed by atoms with E-state index < -0.39 is 18.0 Å². The van der Waals surface area contributed by atoms with E-state index in [0.29, 0.717) is 0 Å². The highest BCUT2D eigenvalue weighted by atomic mass is 32.2. The zero-order valence-corrected chi connectivity index (χ0v) is 17.0. The summed E-state index contributed by atoms with van der Waals surface area (Å²) in [7, 11) is 1.92. The summed E-state index contributed by atoms with van der Waals surface area (Å²) in [6.07, 6.45) is 2.38. The molecule has 6 atom stereocenters. The first-order chi connectivity index (χ1) is 12.8. The third-order valence-corrected chi connectivity index (χ3v) is 7.18. The van der Waals surface area contributed by atoms with Crippen molar-refractivity contribution in [1.29, 1.82) is 0 Å². The van der Waals surface area contributed by atoms with Crippen LogP contribution in [0.4, 0.5) is 0 Å². The predicted octanol–water partition coefficient (Wildman–Crippen LogP) is 0.770. The molecule has 0 aliphatic carbocycles. The summed E-state index contributed by atoms with van der Waals surface area (Å²) in [6.45, 7) is 7.31. The van der Waals surface area contributed by atoms with Crippen molar-refractivity contribution in [3.63, 3.8) is 0 Å². The number of amides is 1. The van der Waals surface area contributed by atoms with Gasteiger partial charge in [-0.05, 0) is 27.3 Å². The number of carboxylic acid groups (broad SMARTS) is 1. The zero-order valence-electron chi connectivity index (χ0n) is 16.2. The van der Waals surface area contributed by atoms with Gasteiger partial charge >= 0.3 is 5.97 Å². The molecule has 27 heavy (non-hydrogen) atoms. The highest BCUT2D eigenvalue weighted by Gasteiger charge is 2.60. The minimum atomic E-state index is -1.06. The third kappa shape index (κ3) is 3.68. The Kier molecular flexibility index (Phi) is 6.00. The monoisotopic (exact) mass is 395 g/mol. The summed E-state index contributed by atoms with van der Waals surface area (Å²) in [4.78, 5) is 26.4. The molecule has 0 spiro atoms. The second-order valence-electron chi connectivity index (χ2n) is 7.81.